The largest absolute Gasteiger partial charge is 0.365 e. The fourth-order valence-electron chi connectivity index (χ4n) is 1.90. The van der Waals surface area contributed by atoms with Gasteiger partial charge in [0, 0.05) is 10.4 Å². The number of rotatable bonds is 5. The van der Waals surface area contributed by atoms with Gasteiger partial charge in [0.1, 0.15) is 6.10 Å². The Labute approximate surface area is 118 Å². The van der Waals surface area contributed by atoms with E-state index in [1.807, 2.05) is 56.5 Å². The van der Waals surface area contributed by atoms with Crippen molar-refractivity contribution >= 4 is 17.1 Å². The van der Waals surface area contributed by atoms with Crippen molar-refractivity contribution < 1.29 is 9.53 Å². The van der Waals surface area contributed by atoms with Gasteiger partial charge in [-0.1, -0.05) is 23.8 Å². The molecule has 0 saturated carbocycles. The van der Waals surface area contributed by atoms with Crippen LogP contribution in [0.4, 0.5) is 0 Å². The van der Waals surface area contributed by atoms with Crippen molar-refractivity contribution in [2.45, 2.75) is 33.5 Å². The normalized spacial score (nSPS) is 12.4. The second kappa shape index (κ2) is 6.13. The number of Topliss-reactive ketones (excluding diaryl/α,β-unsaturated/α-hetero) is 1. The van der Waals surface area contributed by atoms with Gasteiger partial charge in [0.2, 0.25) is 0 Å². The fourth-order valence-corrected chi connectivity index (χ4v) is 2.52. The maximum absolute atomic E-state index is 12.4. The molecule has 100 valence electrons. The van der Waals surface area contributed by atoms with Crippen LogP contribution in [0.1, 0.15) is 33.3 Å². The molecule has 0 spiro atoms. The molecule has 3 heteroatoms. The van der Waals surface area contributed by atoms with Gasteiger partial charge in [-0.25, -0.2) is 0 Å². The molecule has 0 N–H and O–H groups in total. The molecule has 1 atom stereocenters. The van der Waals surface area contributed by atoms with Gasteiger partial charge in [-0.3, -0.25) is 4.79 Å². The molecule has 2 aromatic rings. The van der Waals surface area contributed by atoms with Crippen molar-refractivity contribution in [3.63, 3.8) is 0 Å². The highest BCUT2D eigenvalue weighted by atomic mass is 32.1. The van der Waals surface area contributed by atoms with E-state index in [9.17, 15) is 4.79 Å². The molecule has 19 heavy (non-hydrogen) atoms. The Morgan fingerprint density at radius 1 is 1.32 bits per heavy atom. The van der Waals surface area contributed by atoms with Crippen LogP contribution in [0.2, 0.25) is 0 Å². The summed E-state index contributed by atoms with van der Waals surface area (Å²) in [6.45, 7) is 6.26. The van der Waals surface area contributed by atoms with E-state index in [0.717, 1.165) is 21.6 Å². The fraction of sp³-hybridized carbons (Fsp3) is 0.312. The molecule has 2 rings (SSSR count). The monoisotopic (exact) mass is 274 g/mol. The first-order valence-corrected chi connectivity index (χ1v) is 7.21. The second-order valence-electron chi connectivity index (χ2n) is 4.72. The van der Waals surface area contributed by atoms with Crippen LogP contribution in [0.3, 0.4) is 0 Å². The van der Waals surface area contributed by atoms with E-state index in [1.54, 1.807) is 11.3 Å². The number of thiophene rings is 1. The molecule has 0 amide bonds. The maximum atomic E-state index is 12.4. The first-order valence-electron chi connectivity index (χ1n) is 6.33. The lowest BCUT2D eigenvalue weighted by atomic mass is 9.99. The number of carbonyl (C=O) groups is 1. The SMILES string of the molecule is Cc1ccc(C)c(C(=O)C(C)OCc2cccs2)c1. The van der Waals surface area contributed by atoms with Crippen molar-refractivity contribution in [2.24, 2.45) is 0 Å². The maximum Gasteiger partial charge on any atom is 0.191 e. The van der Waals surface area contributed by atoms with Crippen molar-refractivity contribution in [3.05, 3.63) is 57.3 Å². The van der Waals surface area contributed by atoms with Crippen molar-refractivity contribution in [3.8, 4) is 0 Å². The summed E-state index contributed by atoms with van der Waals surface area (Å²) in [5.41, 5.74) is 2.86. The van der Waals surface area contributed by atoms with Gasteiger partial charge in [-0.15, -0.1) is 11.3 Å². The van der Waals surface area contributed by atoms with Gasteiger partial charge < -0.3 is 4.74 Å². The van der Waals surface area contributed by atoms with Gasteiger partial charge in [0.05, 0.1) is 6.61 Å². The lowest BCUT2D eigenvalue weighted by Crippen LogP contribution is -2.21. The summed E-state index contributed by atoms with van der Waals surface area (Å²) >= 11 is 1.64. The summed E-state index contributed by atoms with van der Waals surface area (Å²) in [5.74, 6) is 0.0535. The predicted molar refractivity (Wildman–Crippen MR) is 78.8 cm³/mol. The second-order valence-corrected chi connectivity index (χ2v) is 5.75. The van der Waals surface area contributed by atoms with Crippen LogP contribution in [-0.2, 0) is 11.3 Å². The van der Waals surface area contributed by atoms with Crippen molar-refractivity contribution in [1.29, 1.82) is 0 Å². The first kappa shape index (κ1) is 14.0. The summed E-state index contributed by atoms with van der Waals surface area (Å²) < 4.78 is 5.66. The molecule has 0 aliphatic heterocycles. The Hall–Kier alpha value is -1.45. The minimum absolute atomic E-state index is 0.0535. The van der Waals surface area contributed by atoms with E-state index in [4.69, 9.17) is 4.74 Å². The van der Waals surface area contributed by atoms with E-state index >= 15 is 0 Å². The lowest BCUT2D eigenvalue weighted by molar-refractivity contribution is 0.0420. The zero-order valence-corrected chi connectivity index (χ0v) is 12.3. The highest BCUT2D eigenvalue weighted by Crippen LogP contribution is 2.16. The molecule has 0 saturated heterocycles. The summed E-state index contributed by atoms with van der Waals surface area (Å²) in [6.07, 6.45) is -0.414. The molecular weight excluding hydrogens is 256 g/mol. The first-order chi connectivity index (χ1) is 9.08. The van der Waals surface area contributed by atoms with E-state index in [-0.39, 0.29) is 5.78 Å². The van der Waals surface area contributed by atoms with Crippen LogP contribution >= 0.6 is 11.3 Å². The lowest BCUT2D eigenvalue weighted by Gasteiger charge is -2.13. The number of ketones is 1. The number of hydrogen-bond donors (Lipinski definition) is 0. The third kappa shape index (κ3) is 3.52. The summed E-state index contributed by atoms with van der Waals surface area (Å²) in [4.78, 5) is 13.5. The Bertz CT molecular complexity index is 558. The minimum Gasteiger partial charge on any atom is -0.365 e. The van der Waals surface area contributed by atoms with Crippen molar-refractivity contribution in [2.75, 3.05) is 0 Å². The molecule has 0 aliphatic carbocycles. The summed E-state index contributed by atoms with van der Waals surface area (Å²) in [5, 5.41) is 2.01. The zero-order valence-electron chi connectivity index (χ0n) is 11.5. The Balaban J connectivity index is 2.04. The van der Waals surface area contributed by atoms with Crippen LogP contribution in [0.25, 0.3) is 0 Å². The van der Waals surface area contributed by atoms with Gasteiger partial charge in [-0.2, -0.15) is 0 Å². The van der Waals surface area contributed by atoms with E-state index in [2.05, 4.69) is 0 Å². The Morgan fingerprint density at radius 3 is 2.79 bits per heavy atom. The molecule has 1 unspecified atom stereocenters. The number of ether oxygens (including phenoxy) is 1. The summed E-state index contributed by atoms with van der Waals surface area (Å²) in [6, 6.07) is 9.93. The highest BCUT2D eigenvalue weighted by Gasteiger charge is 2.18. The average molecular weight is 274 g/mol. The molecule has 0 bridgehead atoms. The minimum atomic E-state index is -0.414. The van der Waals surface area contributed by atoms with E-state index < -0.39 is 6.10 Å². The smallest absolute Gasteiger partial charge is 0.191 e. The zero-order chi connectivity index (χ0) is 13.8. The highest BCUT2D eigenvalue weighted by molar-refractivity contribution is 7.09. The molecule has 1 aromatic heterocycles. The van der Waals surface area contributed by atoms with Crippen LogP contribution in [0.15, 0.2) is 35.7 Å². The molecule has 0 fully saturated rings. The van der Waals surface area contributed by atoms with E-state index in [1.165, 1.54) is 0 Å². The number of carbonyl (C=O) groups excluding carboxylic acids is 1. The van der Waals surface area contributed by atoms with Gasteiger partial charge in [0.25, 0.3) is 0 Å². The van der Waals surface area contributed by atoms with Gasteiger partial charge in [-0.05, 0) is 43.8 Å². The molecular formula is C16H18O2S. The number of aryl methyl sites for hydroxylation is 2. The van der Waals surface area contributed by atoms with Crippen LogP contribution < -0.4 is 0 Å². The van der Waals surface area contributed by atoms with Crippen LogP contribution in [-0.4, -0.2) is 11.9 Å². The third-order valence-electron chi connectivity index (χ3n) is 3.08. The van der Waals surface area contributed by atoms with Crippen LogP contribution in [0.5, 0.6) is 0 Å². The molecule has 0 aliphatic rings. The topological polar surface area (TPSA) is 26.3 Å². The summed E-state index contributed by atoms with van der Waals surface area (Å²) in [7, 11) is 0. The number of hydrogen-bond acceptors (Lipinski definition) is 3. The van der Waals surface area contributed by atoms with Gasteiger partial charge in [0.15, 0.2) is 5.78 Å². The Kier molecular flexibility index (Phi) is 4.51. The Morgan fingerprint density at radius 2 is 2.11 bits per heavy atom. The molecule has 2 nitrogen and oxygen atoms in total. The molecule has 1 heterocycles. The predicted octanol–water partition coefficient (Wildman–Crippen LogP) is 4.15. The average Bonchev–Trinajstić information content (AvgIpc) is 2.91. The van der Waals surface area contributed by atoms with Crippen molar-refractivity contribution in [1.82, 2.24) is 0 Å². The third-order valence-corrected chi connectivity index (χ3v) is 3.93. The molecule has 1 aromatic carbocycles. The number of benzene rings is 1. The van der Waals surface area contributed by atoms with Gasteiger partial charge >= 0.3 is 0 Å². The van der Waals surface area contributed by atoms with Crippen LogP contribution in [0, 0.1) is 13.8 Å². The standard InChI is InChI=1S/C16H18O2S/c1-11-6-7-12(2)15(9-11)16(17)13(3)18-10-14-5-4-8-19-14/h4-9,13H,10H2,1-3H3. The van der Waals surface area contributed by atoms with E-state index in [0.29, 0.717) is 6.61 Å². The quantitative estimate of drug-likeness (QED) is 0.765. The molecule has 0 radical (unpaired) electrons.